The van der Waals surface area contributed by atoms with Crippen LogP contribution in [0, 0.1) is 10.7 Å². The molecule has 21 heavy (non-hydrogen) atoms. The maximum atomic E-state index is 2.62. The molecule has 0 aliphatic heterocycles. The Morgan fingerprint density at radius 3 is 0.952 bits per heavy atom. The predicted molar refractivity (Wildman–Crippen MR) is 120 cm³/mol. The number of unbranched alkanes of at least 4 members (excludes halogenated alkanes) is 3. The second-order valence-corrected chi connectivity index (χ2v) is 8.92. The Hall–Kier alpha value is 1.41. The lowest BCUT2D eigenvalue weighted by atomic mass is 9.96. The van der Waals surface area contributed by atoms with Gasteiger partial charge in [0.05, 0.1) is 0 Å². The van der Waals surface area contributed by atoms with Crippen LogP contribution in [0.4, 0.5) is 0 Å². The van der Waals surface area contributed by atoms with Crippen molar-refractivity contribution in [1.29, 1.82) is 0 Å². The van der Waals surface area contributed by atoms with Crippen molar-refractivity contribution in [2.24, 2.45) is 0 Å². The molecule has 0 aliphatic rings. The summed E-state index contributed by atoms with van der Waals surface area (Å²) in [6, 6.07) is 0. The molecule has 1 aromatic carbocycles. The Morgan fingerprint density at radius 2 is 0.762 bits per heavy atom. The van der Waals surface area contributed by atoms with Gasteiger partial charge < -0.3 is 0 Å². The summed E-state index contributed by atoms with van der Waals surface area (Å²) in [5, 5.41) is 0. The molecule has 0 amide bonds. The third-order valence-corrected chi connectivity index (χ3v) is 7.84. The summed E-state index contributed by atoms with van der Waals surface area (Å²) in [5.41, 5.74) is 4.90. The molecule has 0 radical (unpaired) electrons. The van der Waals surface area contributed by atoms with Gasteiger partial charge in [0.25, 0.3) is 0 Å². The van der Waals surface area contributed by atoms with E-state index in [1.54, 1.807) is 27.4 Å². The molecule has 0 fully saturated rings. The molecule has 0 bridgehead atoms. The Morgan fingerprint density at radius 1 is 0.524 bits per heavy atom. The lowest BCUT2D eigenvalue weighted by molar-refractivity contribution is 0.753. The van der Waals surface area contributed by atoms with Crippen LogP contribution >= 0.6 is 67.8 Å². The van der Waals surface area contributed by atoms with Crippen LogP contribution in [0.1, 0.15) is 76.0 Å². The normalized spacial score (nSPS) is 11.1. The number of hydrogen-bond donors (Lipinski definition) is 0. The highest BCUT2D eigenvalue weighted by Gasteiger charge is 2.19. The molecular formula is C18H27I3. The maximum absolute atomic E-state index is 2.62. The van der Waals surface area contributed by atoms with E-state index in [4.69, 9.17) is 0 Å². The smallest absolute Gasteiger partial charge is 0.0215 e. The summed E-state index contributed by atoms with van der Waals surface area (Å²) in [4.78, 5) is 0. The molecule has 0 nitrogen and oxygen atoms in total. The Bertz CT molecular complexity index is 365. The van der Waals surface area contributed by atoms with E-state index in [1.807, 2.05) is 0 Å². The van der Waals surface area contributed by atoms with Crippen molar-refractivity contribution in [3.05, 3.63) is 27.4 Å². The van der Waals surface area contributed by atoms with Crippen LogP contribution in [0.15, 0.2) is 0 Å². The van der Waals surface area contributed by atoms with E-state index in [0.29, 0.717) is 0 Å². The zero-order valence-corrected chi connectivity index (χ0v) is 20.0. The summed E-state index contributed by atoms with van der Waals surface area (Å²) in [6.07, 6.45) is 11.5. The molecule has 0 unspecified atom stereocenters. The first-order chi connectivity index (χ1) is 10.1. The molecule has 0 heterocycles. The Balaban J connectivity index is 3.27. The van der Waals surface area contributed by atoms with Crippen molar-refractivity contribution in [2.75, 3.05) is 0 Å². The van der Waals surface area contributed by atoms with Crippen molar-refractivity contribution in [3.8, 4) is 0 Å². The minimum Gasteiger partial charge on any atom is -0.0654 e. The van der Waals surface area contributed by atoms with Gasteiger partial charge in [-0.05, 0) is 123 Å². The summed E-state index contributed by atoms with van der Waals surface area (Å²) >= 11 is 7.85. The molecular weight excluding hydrogens is 597 g/mol. The fourth-order valence-corrected chi connectivity index (χ4v) is 7.34. The van der Waals surface area contributed by atoms with Crippen molar-refractivity contribution in [1.82, 2.24) is 0 Å². The summed E-state index contributed by atoms with van der Waals surface area (Å²) in [6.45, 7) is 6.88. The summed E-state index contributed by atoms with van der Waals surface area (Å²) in [5.74, 6) is 0. The van der Waals surface area contributed by atoms with Gasteiger partial charge in [0, 0.05) is 10.7 Å². The minimum atomic E-state index is 1.25. The number of rotatable bonds is 9. The van der Waals surface area contributed by atoms with Crippen molar-refractivity contribution < 1.29 is 0 Å². The van der Waals surface area contributed by atoms with E-state index in [-0.39, 0.29) is 0 Å². The third-order valence-electron chi connectivity index (χ3n) is 3.93. The van der Waals surface area contributed by atoms with Crippen LogP contribution in [0.25, 0.3) is 0 Å². The van der Waals surface area contributed by atoms with Gasteiger partial charge in [-0.15, -0.1) is 0 Å². The quantitative estimate of drug-likeness (QED) is 0.250. The van der Waals surface area contributed by atoms with Crippen molar-refractivity contribution >= 4 is 67.8 Å². The van der Waals surface area contributed by atoms with Gasteiger partial charge >= 0.3 is 0 Å². The topological polar surface area (TPSA) is 0 Å². The van der Waals surface area contributed by atoms with Gasteiger partial charge in [-0.2, -0.15) is 0 Å². The zero-order chi connectivity index (χ0) is 15.8. The summed E-state index contributed by atoms with van der Waals surface area (Å²) < 4.78 is 4.68. The van der Waals surface area contributed by atoms with Crippen molar-refractivity contribution in [2.45, 2.75) is 78.6 Å². The van der Waals surface area contributed by atoms with E-state index >= 15 is 0 Å². The molecule has 0 atom stereocenters. The van der Waals surface area contributed by atoms with Crippen LogP contribution in [0.5, 0.6) is 0 Å². The Labute approximate surface area is 172 Å². The lowest BCUT2D eigenvalue weighted by Gasteiger charge is -2.20. The fraction of sp³-hybridized carbons (Fsp3) is 0.667. The average molecular weight is 624 g/mol. The molecule has 0 N–H and O–H groups in total. The van der Waals surface area contributed by atoms with Gasteiger partial charge in [-0.25, -0.2) is 0 Å². The molecule has 0 saturated carbocycles. The molecule has 0 aromatic heterocycles. The van der Waals surface area contributed by atoms with Crippen LogP contribution in [0.3, 0.4) is 0 Å². The fourth-order valence-electron chi connectivity index (χ4n) is 2.55. The van der Waals surface area contributed by atoms with Crippen LogP contribution < -0.4 is 0 Å². The first-order valence-electron chi connectivity index (χ1n) is 8.25. The SMILES string of the molecule is CCCCc1c(I)c(CCCC)c(I)c(CCCC)c1I. The first kappa shape index (κ1) is 20.5. The van der Waals surface area contributed by atoms with Crippen LogP contribution in [-0.4, -0.2) is 0 Å². The molecule has 0 spiro atoms. The van der Waals surface area contributed by atoms with Crippen LogP contribution in [-0.2, 0) is 19.3 Å². The van der Waals surface area contributed by atoms with Crippen LogP contribution in [0.2, 0.25) is 0 Å². The van der Waals surface area contributed by atoms with E-state index in [2.05, 4.69) is 88.5 Å². The largest absolute Gasteiger partial charge is 0.0654 e. The minimum absolute atomic E-state index is 1.25. The van der Waals surface area contributed by atoms with Gasteiger partial charge in [0.1, 0.15) is 0 Å². The predicted octanol–water partition coefficient (Wildman–Crippen LogP) is 7.53. The maximum Gasteiger partial charge on any atom is 0.0215 e. The highest BCUT2D eigenvalue weighted by Crippen LogP contribution is 2.34. The van der Waals surface area contributed by atoms with Gasteiger partial charge in [-0.3, -0.25) is 0 Å². The molecule has 1 rings (SSSR count). The molecule has 120 valence electrons. The third kappa shape index (κ3) is 5.76. The number of hydrogen-bond acceptors (Lipinski definition) is 0. The van der Waals surface area contributed by atoms with E-state index in [0.717, 1.165) is 0 Å². The summed E-state index contributed by atoms with van der Waals surface area (Å²) in [7, 11) is 0. The highest BCUT2D eigenvalue weighted by atomic mass is 127. The van der Waals surface area contributed by atoms with Gasteiger partial charge in [0.15, 0.2) is 0 Å². The van der Waals surface area contributed by atoms with Gasteiger partial charge in [-0.1, -0.05) is 40.0 Å². The number of benzene rings is 1. The lowest BCUT2D eigenvalue weighted by Crippen LogP contribution is -2.08. The van der Waals surface area contributed by atoms with Crippen molar-refractivity contribution in [3.63, 3.8) is 0 Å². The van der Waals surface area contributed by atoms with E-state index < -0.39 is 0 Å². The van der Waals surface area contributed by atoms with Gasteiger partial charge in [0.2, 0.25) is 0 Å². The number of halogens is 3. The molecule has 0 saturated heterocycles. The van der Waals surface area contributed by atoms with E-state index in [9.17, 15) is 0 Å². The zero-order valence-electron chi connectivity index (χ0n) is 13.5. The standard InChI is InChI=1S/C18H27I3/c1-4-7-10-13-16(19)14(11-8-5-2)18(21)15(17(13)20)12-9-6-3/h4-12H2,1-3H3. The average Bonchev–Trinajstić information content (AvgIpc) is 2.47. The highest BCUT2D eigenvalue weighted by molar-refractivity contribution is 14.1. The monoisotopic (exact) mass is 624 g/mol. The molecule has 3 heteroatoms. The second-order valence-electron chi connectivity index (χ2n) is 5.69. The van der Waals surface area contributed by atoms with E-state index in [1.165, 1.54) is 57.8 Å². The second kappa shape index (κ2) is 11.0. The Kier molecular flexibility index (Phi) is 10.8. The molecule has 1 aromatic rings. The first-order valence-corrected chi connectivity index (χ1v) is 11.5. The molecule has 0 aliphatic carbocycles.